The lowest BCUT2D eigenvalue weighted by Gasteiger charge is -2.19. The molecule has 0 amide bonds. The van der Waals surface area contributed by atoms with E-state index in [1.54, 1.807) is 29.5 Å². The number of ether oxygens (including phenoxy) is 1. The van der Waals surface area contributed by atoms with E-state index in [4.69, 9.17) is 9.84 Å². The van der Waals surface area contributed by atoms with Gasteiger partial charge in [0.25, 0.3) is 0 Å². The molecule has 2 heterocycles. The van der Waals surface area contributed by atoms with E-state index in [2.05, 4.69) is 11.9 Å². The van der Waals surface area contributed by atoms with Crippen LogP contribution in [0.4, 0.5) is 0 Å². The van der Waals surface area contributed by atoms with Gasteiger partial charge in [0, 0.05) is 17.6 Å². The molecule has 1 fully saturated rings. The smallest absolute Gasteiger partial charge is 0.335 e. The first-order chi connectivity index (χ1) is 9.58. The van der Waals surface area contributed by atoms with Crippen LogP contribution in [0.2, 0.25) is 0 Å². The van der Waals surface area contributed by atoms with Crippen LogP contribution in [0.3, 0.4) is 0 Å². The molecule has 1 aromatic carbocycles. The molecule has 2 aromatic rings. The van der Waals surface area contributed by atoms with Crippen molar-refractivity contribution < 1.29 is 14.6 Å². The maximum atomic E-state index is 11.0. The standard InChI is InChI=1S/C15H15NO3S/c1-15(6-3-7-19-15)14-16-12(9-20-14)10-4-2-5-11(8-10)13(17)18/h2,4-5,8-9H,3,6-7H2,1H3,(H,17,18). The van der Waals surface area contributed by atoms with Gasteiger partial charge in [0.05, 0.1) is 11.3 Å². The van der Waals surface area contributed by atoms with Crippen LogP contribution in [0, 0.1) is 0 Å². The molecule has 1 aromatic heterocycles. The summed E-state index contributed by atoms with van der Waals surface area (Å²) in [5.74, 6) is -0.923. The molecule has 1 aliphatic rings. The van der Waals surface area contributed by atoms with Crippen LogP contribution in [0.15, 0.2) is 29.6 Å². The maximum absolute atomic E-state index is 11.0. The summed E-state index contributed by atoms with van der Waals surface area (Å²) in [4.78, 5) is 15.6. The molecule has 1 atom stereocenters. The van der Waals surface area contributed by atoms with Gasteiger partial charge in [0.2, 0.25) is 0 Å². The fourth-order valence-corrected chi connectivity index (χ4v) is 3.38. The quantitative estimate of drug-likeness (QED) is 0.939. The molecule has 4 nitrogen and oxygen atoms in total. The van der Waals surface area contributed by atoms with Gasteiger partial charge < -0.3 is 9.84 Å². The second-order valence-corrected chi connectivity index (χ2v) is 5.96. The van der Waals surface area contributed by atoms with E-state index in [0.717, 1.165) is 35.7 Å². The summed E-state index contributed by atoms with van der Waals surface area (Å²) in [5, 5.41) is 12.0. The number of hydrogen-bond acceptors (Lipinski definition) is 4. The van der Waals surface area contributed by atoms with E-state index in [9.17, 15) is 4.79 Å². The highest BCUT2D eigenvalue weighted by Crippen LogP contribution is 2.38. The minimum Gasteiger partial charge on any atom is -0.478 e. The molecule has 1 unspecified atom stereocenters. The fourth-order valence-electron chi connectivity index (χ4n) is 2.41. The van der Waals surface area contributed by atoms with E-state index in [0.29, 0.717) is 0 Å². The number of hydrogen-bond donors (Lipinski definition) is 1. The molecular weight excluding hydrogens is 274 g/mol. The van der Waals surface area contributed by atoms with Crippen molar-refractivity contribution >= 4 is 17.3 Å². The van der Waals surface area contributed by atoms with Gasteiger partial charge in [-0.25, -0.2) is 9.78 Å². The van der Waals surface area contributed by atoms with Gasteiger partial charge in [-0.15, -0.1) is 11.3 Å². The summed E-state index contributed by atoms with van der Waals surface area (Å²) in [6, 6.07) is 6.86. The zero-order chi connectivity index (χ0) is 14.2. The predicted molar refractivity (Wildman–Crippen MR) is 77.0 cm³/mol. The molecule has 0 radical (unpaired) electrons. The van der Waals surface area contributed by atoms with Crippen LogP contribution < -0.4 is 0 Å². The topological polar surface area (TPSA) is 59.4 Å². The predicted octanol–water partition coefficient (Wildman–Crippen LogP) is 3.53. The van der Waals surface area contributed by atoms with Crippen molar-refractivity contribution in [3.63, 3.8) is 0 Å². The first-order valence-electron chi connectivity index (χ1n) is 6.52. The highest BCUT2D eigenvalue weighted by atomic mass is 32.1. The molecule has 1 aliphatic heterocycles. The number of benzene rings is 1. The van der Waals surface area contributed by atoms with Gasteiger partial charge in [-0.1, -0.05) is 12.1 Å². The van der Waals surface area contributed by atoms with E-state index in [-0.39, 0.29) is 11.2 Å². The lowest BCUT2D eigenvalue weighted by Crippen LogP contribution is -2.19. The Hall–Kier alpha value is -1.72. The average molecular weight is 289 g/mol. The van der Waals surface area contributed by atoms with Crippen LogP contribution in [0.5, 0.6) is 0 Å². The molecular formula is C15H15NO3S. The molecule has 0 aliphatic carbocycles. The summed E-state index contributed by atoms with van der Waals surface area (Å²) in [6.45, 7) is 2.84. The minimum atomic E-state index is -0.923. The van der Waals surface area contributed by atoms with Crippen LogP contribution in [0.1, 0.15) is 35.1 Å². The third-order valence-corrected chi connectivity index (χ3v) is 4.67. The van der Waals surface area contributed by atoms with Crippen molar-refractivity contribution in [2.24, 2.45) is 0 Å². The van der Waals surface area contributed by atoms with Crippen molar-refractivity contribution in [1.29, 1.82) is 0 Å². The monoisotopic (exact) mass is 289 g/mol. The number of thiazole rings is 1. The number of aromatic nitrogens is 1. The summed E-state index contributed by atoms with van der Waals surface area (Å²) < 4.78 is 5.79. The zero-order valence-electron chi connectivity index (χ0n) is 11.1. The van der Waals surface area contributed by atoms with E-state index < -0.39 is 5.97 Å². The number of rotatable bonds is 3. The Morgan fingerprint density at radius 1 is 1.50 bits per heavy atom. The summed E-state index contributed by atoms with van der Waals surface area (Å²) >= 11 is 1.57. The maximum Gasteiger partial charge on any atom is 0.335 e. The highest BCUT2D eigenvalue weighted by molar-refractivity contribution is 7.10. The Balaban J connectivity index is 1.94. The van der Waals surface area contributed by atoms with Crippen molar-refractivity contribution in [3.05, 3.63) is 40.2 Å². The third-order valence-electron chi connectivity index (χ3n) is 3.58. The number of carbonyl (C=O) groups is 1. The van der Waals surface area contributed by atoms with Gasteiger partial charge in [-0.05, 0) is 31.9 Å². The summed E-state index contributed by atoms with van der Waals surface area (Å²) in [5.41, 5.74) is 1.63. The molecule has 3 rings (SSSR count). The number of aromatic carboxylic acids is 1. The normalized spacial score (nSPS) is 22.1. The Bertz CT molecular complexity index is 644. The number of carboxylic acid groups (broad SMARTS) is 1. The van der Waals surface area contributed by atoms with Crippen LogP contribution >= 0.6 is 11.3 Å². The molecule has 1 saturated heterocycles. The van der Waals surface area contributed by atoms with Crippen LogP contribution in [-0.2, 0) is 10.3 Å². The third kappa shape index (κ3) is 2.34. The SMILES string of the molecule is CC1(c2nc(-c3cccc(C(=O)O)c3)cs2)CCCO1. The van der Waals surface area contributed by atoms with Crippen molar-refractivity contribution in [3.8, 4) is 11.3 Å². The van der Waals surface area contributed by atoms with Gasteiger partial charge in [0.1, 0.15) is 10.6 Å². The molecule has 1 N–H and O–H groups in total. The van der Waals surface area contributed by atoms with Crippen LogP contribution in [-0.4, -0.2) is 22.7 Å². The van der Waals surface area contributed by atoms with E-state index in [1.807, 2.05) is 11.4 Å². The fraction of sp³-hybridized carbons (Fsp3) is 0.333. The van der Waals surface area contributed by atoms with E-state index in [1.165, 1.54) is 0 Å². The number of carboxylic acids is 1. The number of nitrogens with zero attached hydrogens (tertiary/aromatic N) is 1. The minimum absolute atomic E-state index is 0.278. The summed E-state index contributed by atoms with van der Waals surface area (Å²) in [6.07, 6.45) is 2.04. The second kappa shape index (κ2) is 5.00. The highest BCUT2D eigenvalue weighted by Gasteiger charge is 2.34. The Morgan fingerprint density at radius 3 is 3.05 bits per heavy atom. The molecule has 5 heteroatoms. The molecule has 20 heavy (non-hydrogen) atoms. The van der Waals surface area contributed by atoms with Crippen molar-refractivity contribution in [1.82, 2.24) is 4.98 Å². The van der Waals surface area contributed by atoms with Gasteiger partial charge in [0.15, 0.2) is 0 Å². The lowest BCUT2D eigenvalue weighted by molar-refractivity contribution is 0.0167. The molecule has 104 valence electrons. The first-order valence-corrected chi connectivity index (χ1v) is 7.40. The molecule has 0 saturated carbocycles. The van der Waals surface area contributed by atoms with Crippen molar-refractivity contribution in [2.75, 3.05) is 6.61 Å². The zero-order valence-corrected chi connectivity index (χ0v) is 11.9. The molecule has 0 bridgehead atoms. The largest absolute Gasteiger partial charge is 0.478 e. The second-order valence-electron chi connectivity index (χ2n) is 5.11. The van der Waals surface area contributed by atoms with Crippen LogP contribution in [0.25, 0.3) is 11.3 Å². The van der Waals surface area contributed by atoms with Gasteiger partial charge >= 0.3 is 5.97 Å². The first kappa shape index (κ1) is 13.3. The van der Waals surface area contributed by atoms with Gasteiger partial charge in [-0.2, -0.15) is 0 Å². The van der Waals surface area contributed by atoms with Gasteiger partial charge in [-0.3, -0.25) is 0 Å². The van der Waals surface area contributed by atoms with E-state index >= 15 is 0 Å². The Morgan fingerprint density at radius 2 is 2.35 bits per heavy atom. The summed E-state index contributed by atoms with van der Waals surface area (Å²) in [7, 11) is 0. The average Bonchev–Trinajstić information content (AvgIpc) is 3.08. The van der Waals surface area contributed by atoms with Crippen molar-refractivity contribution in [2.45, 2.75) is 25.4 Å². The molecule has 0 spiro atoms. The Labute approximate surface area is 121 Å². The Kier molecular flexibility index (Phi) is 3.31. The lowest BCUT2D eigenvalue weighted by atomic mass is 10.0.